The Morgan fingerprint density at radius 2 is 1.69 bits per heavy atom. The summed E-state index contributed by atoms with van der Waals surface area (Å²) in [5.41, 5.74) is 0.717. The maximum absolute atomic E-state index is 14.7. The van der Waals surface area contributed by atoms with Gasteiger partial charge in [-0.05, 0) is 25.0 Å². The number of aromatic nitrogens is 4. The molecule has 3 aromatic rings. The number of fused-ring (bicyclic) bond motifs is 1. The van der Waals surface area contributed by atoms with Crippen LogP contribution in [0.3, 0.4) is 0 Å². The quantitative estimate of drug-likeness (QED) is 0.574. The third-order valence-electron chi connectivity index (χ3n) is 4.73. The molecule has 1 saturated heterocycles. The van der Waals surface area contributed by atoms with Gasteiger partial charge in [-0.15, -0.1) is 0 Å². The molecule has 0 atom stereocenters. The molecule has 0 spiro atoms. The molecule has 3 heterocycles. The van der Waals surface area contributed by atoms with Crippen LogP contribution in [0.1, 0.15) is 32.1 Å². The van der Waals surface area contributed by atoms with E-state index >= 15 is 0 Å². The molecule has 0 amide bonds. The first-order valence-corrected chi connectivity index (χ1v) is 9.51. The van der Waals surface area contributed by atoms with Crippen LogP contribution in [0.2, 0.25) is 10.2 Å². The molecule has 0 unspecified atom stereocenters. The molecule has 2 aromatic heterocycles. The monoisotopic (exact) mass is 393 g/mol. The van der Waals surface area contributed by atoms with E-state index in [1.807, 2.05) is 0 Å². The zero-order valence-electron chi connectivity index (χ0n) is 14.1. The van der Waals surface area contributed by atoms with E-state index in [0.717, 1.165) is 25.9 Å². The van der Waals surface area contributed by atoms with Gasteiger partial charge in [-0.1, -0.05) is 48.5 Å². The van der Waals surface area contributed by atoms with Crippen molar-refractivity contribution in [2.45, 2.75) is 32.1 Å². The maximum Gasteiger partial charge on any atom is 0.255 e. The average Bonchev–Trinajstić information content (AvgIpc) is 3.03. The van der Waals surface area contributed by atoms with Crippen molar-refractivity contribution in [1.82, 2.24) is 19.6 Å². The normalized spacial score (nSPS) is 15.9. The minimum atomic E-state index is -0.436. The minimum Gasteiger partial charge on any atom is -0.356 e. The van der Waals surface area contributed by atoms with Gasteiger partial charge in [0.2, 0.25) is 0 Å². The summed E-state index contributed by atoms with van der Waals surface area (Å²) in [7, 11) is 0. The molecule has 1 aromatic carbocycles. The number of rotatable bonds is 2. The molecule has 1 aliphatic rings. The fourth-order valence-electron chi connectivity index (χ4n) is 3.51. The minimum absolute atomic E-state index is 0.176. The number of hydrogen-bond acceptors (Lipinski definition) is 4. The van der Waals surface area contributed by atoms with Crippen LogP contribution in [0.15, 0.2) is 24.5 Å². The van der Waals surface area contributed by atoms with Crippen molar-refractivity contribution in [3.05, 3.63) is 40.5 Å². The van der Waals surface area contributed by atoms with Crippen molar-refractivity contribution in [2.24, 2.45) is 0 Å². The fourth-order valence-corrected chi connectivity index (χ4v) is 4.02. The van der Waals surface area contributed by atoms with Gasteiger partial charge in [0.05, 0.1) is 10.6 Å². The van der Waals surface area contributed by atoms with E-state index in [9.17, 15) is 4.39 Å². The molecule has 1 aliphatic heterocycles. The molecule has 136 valence electrons. The lowest BCUT2D eigenvalue weighted by Gasteiger charge is -2.29. The largest absolute Gasteiger partial charge is 0.356 e. The number of anilines is 1. The smallest absolute Gasteiger partial charge is 0.255 e. The van der Waals surface area contributed by atoms with Crippen LogP contribution < -0.4 is 4.90 Å². The zero-order valence-corrected chi connectivity index (χ0v) is 15.6. The molecule has 1 fully saturated rings. The van der Waals surface area contributed by atoms with E-state index in [1.165, 1.54) is 31.7 Å². The van der Waals surface area contributed by atoms with Gasteiger partial charge < -0.3 is 4.90 Å². The Labute approximate surface area is 160 Å². The molecule has 0 aliphatic carbocycles. The Balaban J connectivity index is 1.98. The molecular formula is C18H18Cl2FN5. The summed E-state index contributed by atoms with van der Waals surface area (Å²) in [5.74, 6) is 0.656. The predicted molar refractivity (Wildman–Crippen MR) is 101 cm³/mol. The number of benzene rings is 1. The summed E-state index contributed by atoms with van der Waals surface area (Å²) in [5, 5.41) is 4.78. The van der Waals surface area contributed by atoms with Gasteiger partial charge >= 0.3 is 0 Å². The second kappa shape index (κ2) is 7.37. The first kappa shape index (κ1) is 17.5. The van der Waals surface area contributed by atoms with Crippen LogP contribution in [0.25, 0.3) is 16.9 Å². The molecular weight excluding hydrogens is 376 g/mol. The molecule has 4 rings (SSSR count). The lowest BCUT2D eigenvalue weighted by Crippen LogP contribution is -2.30. The topological polar surface area (TPSA) is 46.3 Å². The lowest BCUT2D eigenvalue weighted by molar-refractivity contribution is 0.551. The highest BCUT2D eigenvalue weighted by molar-refractivity contribution is 6.36. The zero-order chi connectivity index (χ0) is 18.1. The van der Waals surface area contributed by atoms with Crippen molar-refractivity contribution >= 4 is 34.8 Å². The van der Waals surface area contributed by atoms with E-state index < -0.39 is 5.82 Å². The molecule has 26 heavy (non-hydrogen) atoms. The van der Waals surface area contributed by atoms with Crippen LogP contribution in [0, 0.1) is 5.82 Å². The summed E-state index contributed by atoms with van der Waals surface area (Å²) < 4.78 is 16.3. The lowest BCUT2D eigenvalue weighted by atomic mass is 10.0. The summed E-state index contributed by atoms with van der Waals surface area (Å²) in [6.07, 6.45) is 7.13. The summed E-state index contributed by atoms with van der Waals surface area (Å²) in [6.45, 7) is 1.68. The van der Waals surface area contributed by atoms with Crippen molar-refractivity contribution < 1.29 is 4.39 Å². The van der Waals surface area contributed by atoms with Gasteiger partial charge in [0.25, 0.3) is 5.78 Å². The Kier molecular flexibility index (Phi) is 4.96. The van der Waals surface area contributed by atoms with Gasteiger partial charge in [-0.25, -0.2) is 4.39 Å². The van der Waals surface area contributed by atoms with Crippen LogP contribution in [-0.2, 0) is 0 Å². The number of halogens is 3. The molecule has 5 nitrogen and oxygen atoms in total. The van der Waals surface area contributed by atoms with Crippen molar-refractivity contribution in [3.63, 3.8) is 0 Å². The average molecular weight is 394 g/mol. The summed E-state index contributed by atoms with van der Waals surface area (Å²) in [4.78, 5) is 10.7. The van der Waals surface area contributed by atoms with E-state index in [-0.39, 0.29) is 10.7 Å². The Morgan fingerprint density at radius 1 is 0.962 bits per heavy atom. The maximum atomic E-state index is 14.7. The van der Waals surface area contributed by atoms with E-state index in [1.54, 1.807) is 16.6 Å². The summed E-state index contributed by atoms with van der Waals surface area (Å²) >= 11 is 12.8. The van der Waals surface area contributed by atoms with E-state index in [2.05, 4.69) is 20.0 Å². The standard InChI is InChI=1S/C18H18Cl2FN5/c19-12-7-6-8-13(21)14(12)15-16(20)24-18-22-11-23-26(18)17(15)25-9-4-2-1-3-5-10-25/h6-8,11H,1-5,9-10H2. The third kappa shape index (κ3) is 3.12. The molecule has 0 N–H and O–H groups in total. The number of hydrogen-bond donors (Lipinski definition) is 0. The Morgan fingerprint density at radius 3 is 2.42 bits per heavy atom. The second-order valence-electron chi connectivity index (χ2n) is 6.42. The van der Waals surface area contributed by atoms with Gasteiger partial charge in [0.15, 0.2) is 0 Å². The van der Waals surface area contributed by atoms with E-state index in [4.69, 9.17) is 23.2 Å². The highest BCUT2D eigenvalue weighted by Gasteiger charge is 2.26. The highest BCUT2D eigenvalue weighted by atomic mass is 35.5. The van der Waals surface area contributed by atoms with Gasteiger partial charge in [-0.2, -0.15) is 19.6 Å². The highest BCUT2D eigenvalue weighted by Crippen LogP contribution is 2.41. The third-order valence-corrected chi connectivity index (χ3v) is 5.32. The van der Waals surface area contributed by atoms with Gasteiger partial charge in [0, 0.05) is 18.7 Å². The first-order valence-electron chi connectivity index (χ1n) is 8.75. The SMILES string of the molecule is Fc1cccc(Cl)c1-c1c(Cl)nc2ncnn2c1N1CCCCCCC1. The molecule has 8 heteroatoms. The van der Waals surface area contributed by atoms with Gasteiger partial charge in [-0.3, -0.25) is 0 Å². The first-order chi connectivity index (χ1) is 12.7. The van der Waals surface area contributed by atoms with Crippen molar-refractivity contribution in [1.29, 1.82) is 0 Å². The van der Waals surface area contributed by atoms with Crippen LogP contribution >= 0.6 is 23.2 Å². The van der Waals surface area contributed by atoms with Crippen molar-refractivity contribution in [3.8, 4) is 11.1 Å². The van der Waals surface area contributed by atoms with Gasteiger partial charge in [0.1, 0.15) is 23.1 Å². The van der Waals surface area contributed by atoms with Crippen LogP contribution in [-0.4, -0.2) is 32.7 Å². The molecule has 0 radical (unpaired) electrons. The second-order valence-corrected chi connectivity index (χ2v) is 7.19. The van der Waals surface area contributed by atoms with Crippen molar-refractivity contribution in [2.75, 3.05) is 18.0 Å². The Bertz CT molecular complexity index is 914. The fraction of sp³-hybridized carbons (Fsp3) is 0.389. The van der Waals surface area contributed by atoms with Crippen LogP contribution in [0.4, 0.5) is 10.2 Å². The molecule has 0 saturated carbocycles. The summed E-state index contributed by atoms with van der Waals surface area (Å²) in [6, 6.07) is 4.60. The number of nitrogens with zero attached hydrogens (tertiary/aromatic N) is 5. The predicted octanol–water partition coefficient (Wildman–Crippen LogP) is 5.01. The van der Waals surface area contributed by atoms with E-state index in [0.29, 0.717) is 22.2 Å². The molecule has 0 bridgehead atoms. The van der Waals surface area contributed by atoms with Crippen LogP contribution in [0.5, 0.6) is 0 Å². The Hall–Kier alpha value is -1.92.